The van der Waals surface area contributed by atoms with Crippen LogP contribution in [0.4, 0.5) is 4.39 Å². The Labute approximate surface area is 153 Å². The third kappa shape index (κ3) is 3.55. The van der Waals surface area contributed by atoms with Crippen LogP contribution in [0.3, 0.4) is 0 Å². The second kappa shape index (κ2) is 7.41. The maximum atomic E-state index is 13.1. The maximum Gasteiger partial charge on any atom is 0.123 e. The van der Waals surface area contributed by atoms with E-state index >= 15 is 0 Å². The fourth-order valence-electron chi connectivity index (χ4n) is 3.72. The van der Waals surface area contributed by atoms with Crippen LogP contribution in [-0.4, -0.2) is 43.9 Å². The molecule has 1 aliphatic rings. The summed E-state index contributed by atoms with van der Waals surface area (Å²) in [4.78, 5) is 6.80. The molecule has 3 aromatic rings. The average Bonchev–Trinajstić information content (AvgIpc) is 3.40. The molecule has 0 spiro atoms. The molecule has 2 aromatic heterocycles. The van der Waals surface area contributed by atoms with Gasteiger partial charge in [0.25, 0.3) is 0 Å². The van der Waals surface area contributed by atoms with Crippen molar-refractivity contribution < 1.29 is 4.39 Å². The Bertz CT molecular complexity index is 845. The van der Waals surface area contributed by atoms with Crippen molar-refractivity contribution in [2.24, 2.45) is 0 Å². The summed E-state index contributed by atoms with van der Waals surface area (Å²) in [6.45, 7) is 1.92. The predicted octanol–water partition coefficient (Wildman–Crippen LogP) is 3.75. The lowest BCUT2D eigenvalue weighted by atomic mass is 10.2. The van der Waals surface area contributed by atoms with Crippen molar-refractivity contribution in [3.63, 3.8) is 0 Å². The molecule has 1 saturated carbocycles. The molecule has 5 nitrogen and oxygen atoms in total. The van der Waals surface area contributed by atoms with Gasteiger partial charge in [0.2, 0.25) is 0 Å². The first-order valence-corrected chi connectivity index (χ1v) is 9.22. The molecule has 136 valence electrons. The molecule has 0 N–H and O–H groups in total. The second-order valence-corrected chi connectivity index (χ2v) is 7.04. The highest BCUT2D eigenvalue weighted by Crippen LogP contribution is 2.23. The van der Waals surface area contributed by atoms with Crippen LogP contribution < -0.4 is 0 Å². The highest BCUT2D eigenvalue weighted by molar-refractivity contribution is 5.57. The molecule has 1 aliphatic carbocycles. The van der Waals surface area contributed by atoms with Crippen LogP contribution in [0.25, 0.3) is 16.9 Å². The lowest BCUT2D eigenvalue weighted by Gasteiger charge is -2.24. The van der Waals surface area contributed by atoms with Gasteiger partial charge < -0.3 is 9.47 Å². The van der Waals surface area contributed by atoms with Gasteiger partial charge in [-0.2, -0.15) is 5.10 Å². The summed E-state index contributed by atoms with van der Waals surface area (Å²) in [6.07, 6.45) is 12.9. The van der Waals surface area contributed by atoms with E-state index in [-0.39, 0.29) is 5.82 Å². The number of nitrogens with zero attached hydrogens (tertiary/aromatic N) is 5. The van der Waals surface area contributed by atoms with Gasteiger partial charge in [-0.1, -0.05) is 12.8 Å². The SMILES string of the molecule is CN(CCn1cncc1-c1cnn(-c2ccc(F)cc2)c1)C1CCCC1. The van der Waals surface area contributed by atoms with Crippen molar-refractivity contribution in [1.29, 1.82) is 0 Å². The Morgan fingerprint density at radius 2 is 1.92 bits per heavy atom. The first-order chi connectivity index (χ1) is 12.7. The summed E-state index contributed by atoms with van der Waals surface area (Å²) in [5.74, 6) is -0.245. The van der Waals surface area contributed by atoms with Gasteiger partial charge in [0, 0.05) is 30.9 Å². The van der Waals surface area contributed by atoms with E-state index < -0.39 is 0 Å². The highest BCUT2D eigenvalue weighted by atomic mass is 19.1. The Morgan fingerprint density at radius 1 is 1.15 bits per heavy atom. The number of hydrogen-bond acceptors (Lipinski definition) is 3. The van der Waals surface area contributed by atoms with Crippen LogP contribution in [0.5, 0.6) is 0 Å². The van der Waals surface area contributed by atoms with E-state index in [2.05, 4.69) is 26.6 Å². The fraction of sp³-hybridized carbons (Fsp3) is 0.400. The van der Waals surface area contributed by atoms with Gasteiger partial charge in [-0.25, -0.2) is 14.1 Å². The van der Waals surface area contributed by atoms with Gasteiger partial charge in [-0.3, -0.25) is 0 Å². The third-order valence-electron chi connectivity index (χ3n) is 5.32. The minimum atomic E-state index is -0.245. The summed E-state index contributed by atoms with van der Waals surface area (Å²) in [7, 11) is 2.22. The van der Waals surface area contributed by atoms with Crippen molar-refractivity contribution in [2.75, 3.05) is 13.6 Å². The van der Waals surface area contributed by atoms with Crippen molar-refractivity contribution in [2.45, 2.75) is 38.3 Å². The lowest BCUT2D eigenvalue weighted by Crippen LogP contribution is -2.32. The smallest absolute Gasteiger partial charge is 0.123 e. The third-order valence-corrected chi connectivity index (χ3v) is 5.32. The minimum absolute atomic E-state index is 0.245. The molecule has 0 saturated heterocycles. The zero-order valence-corrected chi connectivity index (χ0v) is 15.1. The molecule has 0 atom stereocenters. The summed E-state index contributed by atoms with van der Waals surface area (Å²) in [5.41, 5.74) is 2.90. The maximum absolute atomic E-state index is 13.1. The predicted molar refractivity (Wildman–Crippen MR) is 99.6 cm³/mol. The molecule has 4 rings (SSSR count). The number of aromatic nitrogens is 4. The molecular formula is C20H24FN5. The second-order valence-electron chi connectivity index (χ2n) is 7.04. The number of benzene rings is 1. The largest absolute Gasteiger partial charge is 0.329 e. The number of halogens is 1. The van der Waals surface area contributed by atoms with Gasteiger partial charge in [0.05, 0.1) is 30.1 Å². The van der Waals surface area contributed by atoms with E-state index in [9.17, 15) is 4.39 Å². The molecular weight excluding hydrogens is 329 g/mol. The van der Waals surface area contributed by atoms with Gasteiger partial charge in [-0.05, 0) is 44.2 Å². The van der Waals surface area contributed by atoms with E-state index in [0.717, 1.165) is 36.1 Å². The molecule has 6 heteroatoms. The Morgan fingerprint density at radius 3 is 2.69 bits per heavy atom. The normalized spacial score (nSPS) is 15.2. The number of imidazole rings is 1. The van der Waals surface area contributed by atoms with Crippen LogP contribution in [-0.2, 0) is 6.54 Å². The number of likely N-dealkylation sites (N-methyl/N-ethyl adjacent to an activating group) is 1. The van der Waals surface area contributed by atoms with Crippen LogP contribution in [0.2, 0.25) is 0 Å². The van der Waals surface area contributed by atoms with Crippen LogP contribution >= 0.6 is 0 Å². The van der Waals surface area contributed by atoms with Crippen LogP contribution in [0, 0.1) is 5.82 Å². The van der Waals surface area contributed by atoms with E-state index in [0.29, 0.717) is 0 Å². The van der Waals surface area contributed by atoms with Crippen LogP contribution in [0.15, 0.2) is 49.2 Å². The quantitative estimate of drug-likeness (QED) is 0.677. The van der Waals surface area contributed by atoms with E-state index in [1.807, 2.05) is 24.9 Å². The van der Waals surface area contributed by atoms with Crippen LogP contribution in [0.1, 0.15) is 25.7 Å². The zero-order valence-electron chi connectivity index (χ0n) is 15.1. The molecule has 0 unspecified atom stereocenters. The summed E-state index contributed by atoms with van der Waals surface area (Å²) in [6, 6.07) is 7.06. The standard InChI is InChI=1S/C20H24FN5/c1-24(18-4-2-3-5-18)10-11-25-15-22-13-20(25)16-12-23-26(14-16)19-8-6-17(21)7-9-19/h6-9,12-15,18H,2-5,10-11H2,1H3. The van der Waals surface area contributed by atoms with Gasteiger partial charge in [0.15, 0.2) is 0 Å². The number of hydrogen-bond donors (Lipinski definition) is 0. The number of rotatable bonds is 6. The molecule has 0 bridgehead atoms. The van der Waals surface area contributed by atoms with Crippen molar-refractivity contribution in [3.8, 4) is 16.9 Å². The molecule has 0 aliphatic heterocycles. The van der Waals surface area contributed by atoms with Crippen molar-refractivity contribution in [1.82, 2.24) is 24.2 Å². The van der Waals surface area contributed by atoms with Crippen molar-refractivity contribution in [3.05, 3.63) is 55.0 Å². The van der Waals surface area contributed by atoms with Crippen molar-refractivity contribution >= 4 is 0 Å². The fourth-order valence-corrected chi connectivity index (χ4v) is 3.72. The monoisotopic (exact) mass is 353 g/mol. The highest BCUT2D eigenvalue weighted by Gasteiger charge is 2.19. The molecule has 26 heavy (non-hydrogen) atoms. The zero-order chi connectivity index (χ0) is 17.9. The summed E-state index contributed by atoms with van der Waals surface area (Å²) >= 11 is 0. The summed E-state index contributed by atoms with van der Waals surface area (Å²) < 4.78 is 17.0. The molecule has 0 amide bonds. The summed E-state index contributed by atoms with van der Waals surface area (Å²) in [5, 5.41) is 4.41. The topological polar surface area (TPSA) is 38.9 Å². The Hall–Kier alpha value is -2.47. The van der Waals surface area contributed by atoms with E-state index in [1.54, 1.807) is 16.8 Å². The van der Waals surface area contributed by atoms with Gasteiger partial charge in [-0.15, -0.1) is 0 Å². The molecule has 2 heterocycles. The van der Waals surface area contributed by atoms with Gasteiger partial charge >= 0.3 is 0 Å². The van der Waals surface area contributed by atoms with E-state index in [4.69, 9.17) is 0 Å². The Balaban J connectivity index is 1.47. The molecule has 1 aromatic carbocycles. The minimum Gasteiger partial charge on any atom is -0.329 e. The lowest BCUT2D eigenvalue weighted by molar-refractivity contribution is 0.237. The Kier molecular flexibility index (Phi) is 4.84. The average molecular weight is 353 g/mol. The van der Waals surface area contributed by atoms with Gasteiger partial charge in [0.1, 0.15) is 5.82 Å². The first kappa shape index (κ1) is 17.0. The molecule has 0 radical (unpaired) electrons. The molecule has 1 fully saturated rings. The first-order valence-electron chi connectivity index (χ1n) is 9.22. The van der Waals surface area contributed by atoms with E-state index in [1.165, 1.54) is 37.8 Å².